The first-order valence-corrected chi connectivity index (χ1v) is 10.7. The monoisotopic (exact) mass is 459 g/mol. The maximum atomic E-state index is 13.8. The van der Waals surface area contributed by atoms with Crippen LogP contribution in [0.2, 0.25) is 0 Å². The number of benzene rings is 2. The molecule has 0 aliphatic carbocycles. The van der Waals surface area contributed by atoms with Gasteiger partial charge in [0.2, 0.25) is 5.82 Å². The fraction of sp³-hybridized carbons (Fsp3) is 0.250. The fourth-order valence-corrected chi connectivity index (χ4v) is 3.86. The molecule has 31 heavy (non-hydrogen) atoms. The van der Waals surface area contributed by atoms with E-state index in [0.717, 1.165) is 22.9 Å². The average Bonchev–Trinajstić information content (AvgIpc) is 3.19. The number of sulfonamides is 1. The summed E-state index contributed by atoms with van der Waals surface area (Å²) in [6.07, 6.45) is 2.03. The summed E-state index contributed by atoms with van der Waals surface area (Å²) in [6, 6.07) is 7.47. The van der Waals surface area contributed by atoms with Crippen LogP contribution in [0.3, 0.4) is 0 Å². The molecule has 0 bridgehead atoms. The summed E-state index contributed by atoms with van der Waals surface area (Å²) < 4.78 is 95.6. The molecule has 166 valence electrons. The van der Waals surface area contributed by atoms with Crippen molar-refractivity contribution in [3.05, 3.63) is 76.7 Å². The second-order valence-corrected chi connectivity index (χ2v) is 8.61. The number of halogens is 5. The zero-order valence-electron chi connectivity index (χ0n) is 16.5. The predicted molar refractivity (Wildman–Crippen MR) is 104 cm³/mol. The van der Waals surface area contributed by atoms with Crippen molar-refractivity contribution in [2.24, 2.45) is 0 Å². The number of hydrogen-bond acceptors (Lipinski definition) is 3. The lowest BCUT2D eigenvalue weighted by molar-refractivity contribution is 0.367. The molecular weight excluding hydrogens is 441 g/mol. The number of rotatable bonds is 7. The lowest BCUT2D eigenvalue weighted by atomic mass is 9.99. The van der Waals surface area contributed by atoms with Crippen LogP contribution < -0.4 is 4.72 Å². The van der Waals surface area contributed by atoms with Crippen molar-refractivity contribution in [1.82, 2.24) is 9.78 Å². The van der Waals surface area contributed by atoms with Crippen LogP contribution in [-0.2, 0) is 16.6 Å². The first kappa shape index (κ1) is 22.7. The van der Waals surface area contributed by atoms with Crippen LogP contribution in [0.4, 0.5) is 27.8 Å². The molecule has 0 aliphatic heterocycles. The summed E-state index contributed by atoms with van der Waals surface area (Å²) in [5.41, 5.74) is -0.108. The number of nitrogens with zero attached hydrogens (tertiary/aromatic N) is 2. The highest BCUT2D eigenvalue weighted by Gasteiger charge is 2.26. The van der Waals surface area contributed by atoms with Crippen LogP contribution in [0.5, 0.6) is 0 Å². The van der Waals surface area contributed by atoms with Crippen molar-refractivity contribution in [1.29, 1.82) is 0 Å². The quantitative estimate of drug-likeness (QED) is 0.309. The van der Waals surface area contributed by atoms with Crippen LogP contribution in [0.15, 0.2) is 41.4 Å². The van der Waals surface area contributed by atoms with Crippen LogP contribution in [0.25, 0.3) is 0 Å². The van der Waals surface area contributed by atoms with Gasteiger partial charge in [-0.25, -0.2) is 30.4 Å². The Balaban J connectivity index is 1.80. The Bertz CT molecular complexity index is 1180. The van der Waals surface area contributed by atoms with E-state index in [-0.39, 0.29) is 16.6 Å². The number of aromatic nitrogens is 2. The minimum atomic E-state index is -4.00. The third kappa shape index (κ3) is 4.55. The van der Waals surface area contributed by atoms with Crippen LogP contribution in [0.1, 0.15) is 37.3 Å². The highest BCUT2D eigenvalue weighted by Crippen LogP contribution is 2.25. The Morgan fingerprint density at radius 3 is 2.03 bits per heavy atom. The van der Waals surface area contributed by atoms with E-state index < -0.39 is 51.2 Å². The Kier molecular flexibility index (Phi) is 6.35. The number of hydrogen-bond donors (Lipinski definition) is 1. The molecule has 1 atom stereocenters. The van der Waals surface area contributed by atoms with E-state index in [4.69, 9.17) is 0 Å². The molecule has 1 N–H and O–H groups in total. The average molecular weight is 459 g/mol. The predicted octanol–water partition coefficient (Wildman–Crippen LogP) is 4.94. The van der Waals surface area contributed by atoms with Crippen LogP contribution in [0, 0.1) is 29.1 Å². The van der Waals surface area contributed by atoms with Gasteiger partial charge in [0.25, 0.3) is 10.0 Å². The lowest BCUT2D eigenvalue weighted by Gasteiger charge is -2.10. The molecule has 2 aromatic carbocycles. The van der Waals surface area contributed by atoms with Crippen molar-refractivity contribution in [3.8, 4) is 0 Å². The number of nitrogens with one attached hydrogen (secondary N) is 1. The van der Waals surface area contributed by atoms with Gasteiger partial charge >= 0.3 is 0 Å². The smallest absolute Gasteiger partial charge is 0.263 e. The standard InChI is InChI=1S/C20H18F5N3O2S/c1-3-11(2)12-4-6-13(7-5-12)31(29,30)27-15-8-9-28(26-15)10-14-16(21)18(23)20(25)19(24)17(14)22/h4-9,11H,3,10H2,1-2H3,(H,26,27)/t11-/m0/s1. The molecule has 3 rings (SSSR count). The zero-order chi connectivity index (χ0) is 22.9. The van der Waals surface area contributed by atoms with Gasteiger partial charge in [0, 0.05) is 12.3 Å². The minimum absolute atomic E-state index is 0.0196. The largest absolute Gasteiger partial charge is 0.266 e. The van der Waals surface area contributed by atoms with Crippen molar-refractivity contribution in [2.75, 3.05) is 4.72 Å². The Hall–Kier alpha value is -2.95. The fourth-order valence-electron chi connectivity index (χ4n) is 2.86. The first-order valence-electron chi connectivity index (χ1n) is 9.21. The second kappa shape index (κ2) is 8.66. The van der Waals surface area contributed by atoms with Gasteiger partial charge in [-0.3, -0.25) is 9.40 Å². The minimum Gasteiger partial charge on any atom is -0.266 e. The van der Waals surface area contributed by atoms with Gasteiger partial charge in [-0.15, -0.1) is 0 Å². The summed E-state index contributed by atoms with van der Waals surface area (Å²) in [5, 5.41) is 3.79. The molecule has 0 radical (unpaired) electrons. The summed E-state index contributed by atoms with van der Waals surface area (Å²) in [5.74, 6) is -10.3. The van der Waals surface area contributed by atoms with Crippen molar-refractivity contribution >= 4 is 15.8 Å². The van der Waals surface area contributed by atoms with Crippen LogP contribution in [-0.4, -0.2) is 18.2 Å². The Labute approximate surface area is 175 Å². The van der Waals surface area contributed by atoms with Gasteiger partial charge in [0.05, 0.1) is 17.0 Å². The molecule has 0 amide bonds. The zero-order valence-corrected chi connectivity index (χ0v) is 17.3. The molecular formula is C20H18F5N3O2S. The Morgan fingerprint density at radius 2 is 1.48 bits per heavy atom. The summed E-state index contributed by atoms with van der Waals surface area (Å²) in [4.78, 5) is -0.0196. The molecule has 3 aromatic rings. The molecule has 0 aliphatic rings. The van der Waals surface area contributed by atoms with Gasteiger partial charge in [0.15, 0.2) is 29.1 Å². The van der Waals surface area contributed by atoms with E-state index in [0.29, 0.717) is 0 Å². The van der Waals surface area contributed by atoms with E-state index in [1.165, 1.54) is 18.2 Å². The normalized spacial score (nSPS) is 12.7. The molecule has 1 heterocycles. The highest BCUT2D eigenvalue weighted by molar-refractivity contribution is 7.92. The molecule has 0 saturated carbocycles. The van der Waals surface area contributed by atoms with Crippen molar-refractivity contribution in [3.63, 3.8) is 0 Å². The van der Waals surface area contributed by atoms with Crippen LogP contribution >= 0.6 is 0 Å². The molecule has 0 unspecified atom stereocenters. The molecule has 0 fully saturated rings. The maximum absolute atomic E-state index is 13.8. The summed E-state index contributed by atoms with van der Waals surface area (Å²) in [6.45, 7) is 3.23. The second-order valence-electron chi connectivity index (χ2n) is 6.93. The van der Waals surface area contributed by atoms with Gasteiger partial charge in [-0.05, 0) is 30.0 Å². The maximum Gasteiger partial charge on any atom is 0.263 e. The highest BCUT2D eigenvalue weighted by atomic mass is 32.2. The van der Waals surface area contributed by atoms with Crippen molar-refractivity contribution < 1.29 is 30.4 Å². The van der Waals surface area contributed by atoms with Crippen molar-refractivity contribution in [2.45, 2.75) is 37.6 Å². The van der Waals surface area contributed by atoms with E-state index in [2.05, 4.69) is 9.82 Å². The summed E-state index contributed by atoms with van der Waals surface area (Å²) in [7, 11) is -4.00. The van der Waals surface area contributed by atoms with E-state index in [1.54, 1.807) is 12.1 Å². The van der Waals surface area contributed by atoms with Gasteiger partial charge in [0.1, 0.15) is 0 Å². The number of anilines is 1. The van der Waals surface area contributed by atoms with Gasteiger partial charge in [-0.2, -0.15) is 5.10 Å². The van der Waals surface area contributed by atoms with Gasteiger partial charge < -0.3 is 0 Å². The molecule has 5 nitrogen and oxygen atoms in total. The lowest BCUT2D eigenvalue weighted by Crippen LogP contribution is -2.15. The molecule has 0 spiro atoms. The third-order valence-electron chi connectivity index (χ3n) is 4.87. The molecule has 11 heteroatoms. The molecule has 1 aromatic heterocycles. The summed E-state index contributed by atoms with van der Waals surface area (Å²) >= 11 is 0. The third-order valence-corrected chi connectivity index (χ3v) is 6.24. The topological polar surface area (TPSA) is 64.0 Å². The van der Waals surface area contributed by atoms with E-state index in [1.807, 2.05) is 13.8 Å². The van der Waals surface area contributed by atoms with E-state index >= 15 is 0 Å². The SMILES string of the molecule is CC[C@H](C)c1ccc(S(=O)(=O)Nc2ccn(Cc3c(F)c(F)c(F)c(F)c3F)n2)cc1. The first-order chi connectivity index (χ1) is 14.5. The molecule has 0 saturated heterocycles. The Morgan fingerprint density at radius 1 is 0.935 bits per heavy atom. The van der Waals surface area contributed by atoms with E-state index in [9.17, 15) is 30.4 Å². The van der Waals surface area contributed by atoms with Gasteiger partial charge in [-0.1, -0.05) is 26.0 Å².